The van der Waals surface area contributed by atoms with Gasteiger partial charge in [-0.25, -0.2) is 4.39 Å². The summed E-state index contributed by atoms with van der Waals surface area (Å²) in [5.41, 5.74) is -0.569. The minimum Gasteiger partial charge on any atom is -0.290 e. The average molecular weight is 279 g/mol. The first-order valence-corrected chi connectivity index (χ1v) is 6.73. The monoisotopic (exact) mass is 279 g/mol. The summed E-state index contributed by atoms with van der Waals surface area (Å²) in [6.07, 6.45) is 1.69. The summed E-state index contributed by atoms with van der Waals surface area (Å²) in [5.74, 6) is -0.536. The number of alkyl halides is 1. The molecule has 0 spiro atoms. The van der Waals surface area contributed by atoms with Crippen LogP contribution in [-0.2, 0) is 5.67 Å². The Kier molecular flexibility index (Phi) is 3.26. The summed E-state index contributed by atoms with van der Waals surface area (Å²) in [6.45, 7) is 1.31. The molecule has 2 nitrogen and oxygen atoms in total. The lowest BCUT2D eigenvalue weighted by atomic mass is 9.88. The highest BCUT2D eigenvalue weighted by molar-refractivity contribution is 6.03. The Morgan fingerprint density at radius 3 is 2.57 bits per heavy atom. The number of ketones is 1. The molecule has 0 saturated carbocycles. The molecule has 0 amide bonds. The van der Waals surface area contributed by atoms with Crippen molar-refractivity contribution in [3.8, 4) is 0 Å². The summed E-state index contributed by atoms with van der Waals surface area (Å²) in [6, 6.07) is 17.2. The summed E-state index contributed by atoms with van der Waals surface area (Å²) in [5, 5.41) is 0.819. The van der Waals surface area contributed by atoms with Crippen molar-refractivity contribution in [3.05, 3.63) is 78.0 Å². The number of carbonyl (C=O) groups excluding carboxylic acids is 1. The van der Waals surface area contributed by atoms with Crippen molar-refractivity contribution in [1.82, 2.24) is 4.98 Å². The second-order valence-electron chi connectivity index (χ2n) is 5.11. The van der Waals surface area contributed by atoms with Gasteiger partial charge in [-0.3, -0.25) is 9.78 Å². The molecule has 1 unspecified atom stereocenters. The second-order valence-corrected chi connectivity index (χ2v) is 5.11. The Hall–Kier alpha value is -2.55. The van der Waals surface area contributed by atoms with Crippen molar-refractivity contribution >= 4 is 16.7 Å². The van der Waals surface area contributed by atoms with Crippen molar-refractivity contribution < 1.29 is 9.18 Å². The van der Waals surface area contributed by atoms with Crippen LogP contribution in [0.2, 0.25) is 0 Å². The van der Waals surface area contributed by atoms with Gasteiger partial charge in [0.2, 0.25) is 5.78 Å². The third-order valence-electron chi connectivity index (χ3n) is 3.61. The number of rotatable bonds is 3. The van der Waals surface area contributed by atoms with Gasteiger partial charge in [0, 0.05) is 17.1 Å². The standard InChI is InChI=1S/C18H14FNO/c1-18(19,17(21)13-6-3-2-4-7-13)15-9-10-16-14(12-15)8-5-11-20-16/h2-12H,1H3. The first kappa shape index (κ1) is 13.4. The van der Waals surface area contributed by atoms with E-state index >= 15 is 4.39 Å². The highest BCUT2D eigenvalue weighted by Crippen LogP contribution is 2.31. The Labute approximate surface area is 122 Å². The van der Waals surface area contributed by atoms with E-state index in [2.05, 4.69) is 4.98 Å². The van der Waals surface area contributed by atoms with E-state index < -0.39 is 11.5 Å². The first-order valence-electron chi connectivity index (χ1n) is 6.73. The summed E-state index contributed by atoms with van der Waals surface area (Å²) in [7, 11) is 0. The molecule has 3 aromatic rings. The van der Waals surface area contributed by atoms with Gasteiger partial charge in [-0.2, -0.15) is 0 Å². The van der Waals surface area contributed by atoms with Gasteiger partial charge in [0.1, 0.15) is 0 Å². The number of fused-ring (bicyclic) bond motifs is 1. The fourth-order valence-electron chi connectivity index (χ4n) is 2.36. The van der Waals surface area contributed by atoms with E-state index in [1.807, 2.05) is 6.07 Å². The van der Waals surface area contributed by atoms with E-state index in [1.54, 1.807) is 60.8 Å². The van der Waals surface area contributed by atoms with Crippen LogP contribution < -0.4 is 0 Å². The maximum Gasteiger partial charge on any atom is 0.204 e. The van der Waals surface area contributed by atoms with Gasteiger partial charge in [-0.05, 0) is 30.7 Å². The van der Waals surface area contributed by atoms with E-state index in [0.29, 0.717) is 11.1 Å². The number of hydrogen-bond acceptors (Lipinski definition) is 2. The molecule has 0 saturated heterocycles. The smallest absolute Gasteiger partial charge is 0.204 e. The van der Waals surface area contributed by atoms with Gasteiger partial charge in [0.05, 0.1) is 5.52 Å². The van der Waals surface area contributed by atoms with Gasteiger partial charge in [0.25, 0.3) is 0 Å². The predicted molar refractivity (Wildman–Crippen MR) is 81.0 cm³/mol. The van der Waals surface area contributed by atoms with Gasteiger partial charge in [-0.15, -0.1) is 0 Å². The fourth-order valence-corrected chi connectivity index (χ4v) is 2.36. The second kappa shape index (κ2) is 5.09. The Morgan fingerprint density at radius 1 is 1.05 bits per heavy atom. The van der Waals surface area contributed by atoms with Crippen LogP contribution in [0.3, 0.4) is 0 Å². The fraction of sp³-hybridized carbons (Fsp3) is 0.111. The Bertz CT molecular complexity index is 796. The van der Waals surface area contributed by atoms with E-state index in [4.69, 9.17) is 0 Å². The predicted octanol–water partition coefficient (Wildman–Crippen LogP) is 4.30. The molecule has 3 heteroatoms. The minimum atomic E-state index is -2.06. The lowest BCUT2D eigenvalue weighted by Crippen LogP contribution is -2.27. The highest BCUT2D eigenvalue weighted by atomic mass is 19.1. The molecule has 104 valence electrons. The number of pyridine rings is 1. The van der Waals surface area contributed by atoms with Gasteiger partial charge in [0.15, 0.2) is 5.67 Å². The zero-order valence-electron chi connectivity index (χ0n) is 11.6. The lowest BCUT2D eigenvalue weighted by Gasteiger charge is -2.20. The van der Waals surface area contributed by atoms with Gasteiger partial charge in [-0.1, -0.05) is 42.5 Å². The number of benzene rings is 2. The van der Waals surface area contributed by atoms with Crippen LogP contribution in [0.15, 0.2) is 66.9 Å². The molecule has 1 atom stereocenters. The highest BCUT2D eigenvalue weighted by Gasteiger charge is 2.35. The number of aromatic nitrogens is 1. The van der Waals surface area contributed by atoms with E-state index in [-0.39, 0.29) is 0 Å². The van der Waals surface area contributed by atoms with Gasteiger partial charge < -0.3 is 0 Å². The molecular formula is C18H14FNO. The molecule has 1 heterocycles. The van der Waals surface area contributed by atoms with Crippen molar-refractivity contribution in [2.75, 3.05) is 0 Å². The van der Waals surface area contributed by atoms with Crippen LogP contribution in [0.25, 0.3) is 10.9 Å². The maximum absolute atomic E-state index is 15.1. The maximum atomic E-state index is 15.1. The number of nitrogens with zero attached hydrogens (tertiary/aromatic N) is 1. The van der Waals surface area contributed by atoms with Crippen LogP contribution in [0.4, 0.5) is 4.39 Å². The van der Waals surface area contributed by atoms with Crippen LogP contribution in [0.1, 0.15) is 22.8 Å². The Morgan fingerprint density at radius 2 is 1.81 bits per heavy atom. The normalized spacial score (nSPS) is 13.8. The molecule has 0 aliphatic heterocycles. The van der Waals surface area contributed by atoms with Crippen molar-refractivity contribution in [1.29, 1.82) is 0 Å². The molecule has 3 rings (SSSR count). The molecule has 0 radical (unpaired) electrons. The zero-order valence-corrected chi connectivity index (χ0v) is 11.6. The molecule has 0 fully saturated rings. The summed E-state index contributed by atoms with van der Waals surface area (Å²) in [4.78, 5) is 16.6. The molecule has 0 aliphatic carbocycles. The largest absolute Gasteiger partial charge is 0.290 e. The average Bonchev–Trinajstić information content (AvgIpc) is 2.54. The molecule has 0 N–H and O–H groups in total. The van der Waals surface area contributed by atoms with Crippen molar-refractivity contribution in [2.45, 2.75) is 12.6 Å². The number of halogens is 1. The molecule has 0 aliphatic rings. The first-order chi connectivity index (χ1) is 10.1. The summed E-state index contributed by atoms with van der Waals surface area (Å²) >= 11 is 0. The quantitative estimate of drug-likeness (QED) is 0.669. The number of hydrogen-bond donors (Lipinski definition) is 0. The third-order valence-corrected chi connectivity index (χ3v) is 3.61. The van der Waals surface area contributed by atoms with Crippen LogP contribution in [0.5, 0.6) is 0 Å². The van der Waals surface area contributed by atoms with E-state index in [9.17, 15) is 4.79 Å². The van der Waals surface area contributed by atoms with Crippen LogP contribution in [-0.4, -0.2) is 10.8 Å². The molecule has 2 aromatic carbocycles. The number of carbonyl (C=O) groups is 1. The van der Waals surface area contributed by atoms with Crippen LogP contribution >= 0.6 is 0 Å². The lowest BCUT2D eigenvalue weighted by molar-refractivity contribution is 0.0720. The molecule has 0 bridgehead atoms. The van der Waals surface area contributed by atoms with Crippen molar-refractivity contribution in [3.63, 3.8) is 0 Å². The van der Waals surface area contributed by atoms with E-state index in [0.717, 1.165) is 10.9 Å². The molecular weight excluding hydrogens is 265 g/mol. The third kappa shape index (κ3) is 2.42. The van der Waals surface area contributed by atoms with E-state index in [1.165, 1.54) is 6.92 Å². The Balaban J connectivity index is 2.05. The summed E-state index contributed by atoms with van der Waals surface area (Å²) < 4.78 is 15.1. The molecule has 1 aromatic heterocycles. The topological polar surface area (TPSA) is 30.0 Å². The molecule has 21 heavy (non-hydrogen) atoms. The zero-order chi connectivity index (χ0) is 14.9. The number of Topliss-reactive ketones (excluding diaryl/α,β-unsaturated/α-hetero) is 1. The van der Waals surface area contributed by atoms with Gasteiger partial charge >= 0.3 is 0 Å². The van der Waals surface area contributed by atoms with Crippen LogP contribution in [0, 0.1) is 0 Å². The van der Waals surface area contributed by atoms with Crippen molar-refractivity contribution in [2.24, 2.45) is 0 Å². The minimum absolute atomic E-state index is 0.344. The SMILES string of the molecule is CC(F)(C(=O)c1ccccc1)c1ccc2ncccc2c1.